The first-order valence-corrected chi connectivity index (χ1v) is 4.98. The molecule has 1 aromatic carbocycles. The molecule has 14 heavy (non-hydrogen) atoms. The van der Waals surface area contributed by atoms with E-state index < -0.39 is 0 Å². The van der Waals surface area contributed by atoms with Crippen molar-refractivity contribution in [1.29, 1.82) is 0 Å². The molecule has 1 heterocycles. The van der Waals surface area contributed by atoms with Crippen LogP contribution in [0.2, 0.25) is 0 Å². The fourth-order valence-electron chi connectivity index (χ4n) is 1.44. The molecule has 0 saturated carbocycles. The minimum absolute atomic E-state index is 0.0128. The van der Waals surface area contributed by atoms with Gasteiger partial charge in [-0.1, -0.05) is 19.1 Å². The highest BCUT2D eigenvalue weighted by Crippen LogP contribution is 2.32. The Kier molecular flexibility index (Phi) is 2.29. The third-order valence-corrected chi connectivity index (χ3v) is 2.56. The van der Waals surface area contributed by atoms with Gasteiger partial charge in [-0.25, -0.2) is 0 Å². The summed E-state index contributed by atoms with van der Waals surface area (Å²) in [6.45, 7) is 2.04. The first kappa shape index (κ1) is 9.27. The van der Waals surface area contributed by atoms with Gasteiger partial charge in [0, 0.05) is 5.69 Å². The summed E-state index contributed by atoms with van der Waals surface area (Å²) in [4.78, 5) is 0.727. The van der Waals surface area contributed by atoms with Gasteiger partial charge in [0.05, 0.1) is 5.69 Å². The lowest BCUT2D eigenvalue weighted by atomic mass is 10.2. The highest BCUT2D eigenvalue weighted by Gasteiger charge is 2.22. The van der Waals surface area contributed by atoms with Crippen LogP contribution in [0.3, 0.4) is 0 Å². The maximum atomic E-state index is 5.69. The van der Waals surface area contributed by atoms with Crippen LogP contribution in [0.15, 0.2) is 18.2 Å². The molecule has 2 rings (SSSR count). The van der Waals surface area contributed by atoms with Gasteiger partial charge in [-0.05, 0) is 24.6 Å². The van der Waals surface area contributed by atoms with Crippen LogP contribution in [0.1, 0.15) is 13.3 Å². The predicted molar refractivity (Wildman–Crippen MR) is 61.8 cm³/mol. The molecule has 0 radical (unpaired) electrons. The van der Waals surface area contributed by atoms with Crippen molar-refractivity contribution in [3.05, 3.63) is 18.2 Å². The van der Waals surface area contributed by atoms with Gasteiger partial charge < -0.3 is 15.8 Å². The normalized spacial score (nSPS) is 19.5. The molecular weight excluding hydrogens is 196 g/mol. The van der Waals surface area contributed by atoms with Gasteiger partial charge in [0.1, 0.15) is 16.8 Å². The predicted octanol–water partition coefficient (Wildman–Crippen LogP) is 2.18. The molecule has 3 N–H and O–H groups in total. The average Bonchev–Trinajstić information content (AvgIpc) is 2.16. The molecule has 1 aromatic rings. The number of fused-ring (bicyclic) bond motifs is 1. The van der Waals surface area contributed by atoms with Crippen LogP contribution in [0, 0.1) is 0 Å². The van der Waals surface area contributed by atoms with E-state index in [1.54, 1.807) is 0 Å². The van der Waals surface area contributed by atoms with Crippen molar-refractivity contribution in [3.8, 4) is 5.75 Å². The smallest absolute Gasteiger partial charge is 0.149 e. The summed E-state index contributed by atoms with van der Waals surface area (Å²) >= 11 is 5.17. The molecule has 1 unspecified atom stereocenters. The highest BCUT2D eigenvalue weighted by molar-refractivity contribution is 7.80. The van der Waals surface area contributed by atoms with Crippen LogP contribution in [0.25, 0.3) is 0 Å². The number of anilines is 2. The second-order valence-electron chi connectivity index (χ2n) is 3.26. The third-order valence-electron chi connectivity index (χ3n) is 2.19. The van der Waals surface area contributed by atoms with Gasteiger partial charge in [0.15, 0.2) is 0 Å². The number of hydrogen-bond donors (Lipinski definition) is 2. The number of benzene rings is 1. The molecule has 0 amide bonds. The van der Waals surface area contributed by atoms with Gasteiger partial charge in [-0.2, -0.15) is 0 Å². The SMILES string of the molecule is CCC1Oc2ccc(N)cc2NC1=S. The van der Waals surface area contributed by atoms with Crippen LogP contribution in [-0.4, -0.2) is 11.1 Å². The standard InChI is InChI=1S/C10H12N2OS/c1-2-8-10(14)12-7-5-6(11)3-4-9(7)13-8/h3-5,8H,2,11H2,1H3,(H,12,14). The monoisotopic (exact) mass is 208 g/mol. The zero-order valence-electron chi connectivity index (χ0n) is 7.91. The van der Waals surface area contributed by atoms with Gasteiger partial charge in [0.25, 0.3) is 0 Å². The number of hydrogen-bond acceptors (Lipinski definition) is 3. The molecule has 4 heteroatoms. The van der Waals surface area contributed by atoms with E-state index in [1.165, 1.54) is 0 Å². The number of nitrogens with two attached hydrogens (primary N) is 1. The lowest BCUT2D eigenvalue weighted by Crippen LogP contribution is -2.34. The van der Waals surface area contributed by atoms with E-state index in [0.717, 1.165) is 22.8 Å². The Morgan fingerprint density at radius 1 is 1.57 bits per heavy atom. The second kappa shape index (κ2) is 3.46. The third kappa shape index (κ3) is 1.53. The summed E-state index contributed by atoms with van der Waals surface area (Å²) < 4.78 is 5.69. The maximum Gasteiger partial charge on any atom is 0.149 e. The highest BCUT2D eigenvalue weighted by atomic mass is 32.1. The van der Waals surface area contributed by atoms with Crippen molar-refractivity contribution >= 4 is 28.6 Å². The zero-order chi connectivity index (χ0) is 10.1. The molecular formula is C10H12N2OS. The van der Waals surface area contributed by atoms with E-state index in [0.29, 0.717) is 5.69 Å². The Morgan fingerprint density at radius 2 is 2.36 bits per heavy atom. The summed E-state index contributed by atoms with van der Waals surface area (Å²) in [6.07, 6.45) is 0.858. The first-order chi connectivity index (χ1) is 6.70. The van der Waals surface area contributed by atoms with Gasteiger partial charge in [-0.3, -0.25) is 0 Å². The van der Waals surface area contributed by atoms with Crippen molar-refractivity contribution in [2.45, 2.75) is 19.4 Å². The Labute approximate surface area is 88.2 Å². The Balaban J connectivity index is 2.35. The summed E-state index contributed by atoms with van der Waals surface area (Å²) in [7, 11) is 0. The molecule has 74 valence electrons. The maximum absolute atomic E-state index is 5.69. The van der Waals surface area contributed by atoms with Crippen LogP contribution < -0.4 is 15.8 Å². The summed E-state index contributed by atoms with van der Waals surface area (Å²) in [5.41, 5.74) is 7.22. The Morgan fingerprint density at radius 3 is 3.07 bits per heavy atom. The Hall–Kier alpha value is -1.29. The van der Waals surface area contributed by atoms with E-state index in [1.807, 2.05) is 25.1 Å². The molecule has 1 atom stereocenters. The minimum Gasteiger partial charge on any atom is -0.481 e. The van der Waals surface area contributed by atoms with E-state index in [-0.39, 0.29) is 6.10 Å². The number of thiocarbonyl (C=S) groups is 1. The van der Waals surface area contributed by atoms with Crippen LogP contribution in [0.4, 0.5) is 11.4 Å². The molecule has 0 aliphatic carbocycles. The first-order valence-electron chi connectivity index (χ1n) is 4.57. The zero-order valence-corrected chi connectivity index (χ0v) is 8.73. The van der Waals surface area contributed by atoms with Crippen LogP contribution in [0.5, 0.6) is 5.75 Å². The van der Waals surface area contributed by atoms with Crippen LogP contribution in [-0.2, 0) is 0 Å². The topological polar surface area (TPSA) is 47.3 Å². The molecule has 3 nitrogen and oxygen atoms in total. The minimum atomic E-state index is -0.0128. The summed E-state index contributed by atoms with van der Waals surface area (Å²) in [5.74, 6) is 0.819. The summed E-state index contributed by atoms with van der Waals surface area (Å²) in [6, 6.07) is 5.51. The largest absolute Gasteiger partial charge is 0.481 e. The van der Waals surface area contributed by atoms with Crippen molar-refractivity contribution in [1.82, 2.24) is 0 Å². The van der Waals surface area contributed by atoms with Crippen molar-refractivity contribution < 1.29 is 4.74 Å². The molecule has 0 spiro atoms. The second-order valence-corrected chi connectivity index (χ2v) is 3.70. The lowest BCUT2D eigenvalue weighted by Gasteiger charge is -2.27. The van der Waals surface area contributed by atoms with E-state index in [2.05, 4.69) is 5.32 Å². The van der Waals surface area contributed by atoms with Crippen molar-refractivity contribution in [2.24, 2.45) is 0 Å². The van der Waals surface area contributed by atoms with Gasteiger partial charge in [0.2, 0.25) is 0 Å². The molecule has 0 bridgehead atoms. The number of nitrogen functional groups attached to an aromatic ring is 1. The fraction of sp³-hybridized carbons (Fsp3) is 0.300. The molecule has 0 aromatic heterocycles. The number of rotatable bonds is 1. The van der Waals surface area contributed by atoms with E-state index in [4.69, 9.17) is 22.7 Å². The Bertz CT molecular complexity index is 378. The van der Waals surface area contributed by atoms with E-state index >= 15 is 0 Å². The molecule has 0 fully saturated rings. The van der Waals surface area contributed by atoms with Crippen LogP contribution >= 0.6 is 12.2 Å². The van der Waals surface area contributed by atoms with E-state index in [9.17, 15) is 0 Å². The van der Waals surface area contributed by atoms with Gasteiger partial charge >= 0.3 is 0 Å². The van der Waals surface area contributed by atoms with Crippen molar-refractivity contribution in [2.75, 3.05) is 11.1 Å². The number of nitrogens with one attached hydrogen (secondary N) is 1. The van der Waals surface area contributed by atoms with Gasteiger partial charge in [-0.15, -0.1) is 0 Å². The fourth-order valence-corrected chi connectivity index (χ4v) is 1.76. The average molecular weight is 208 g/mol. The molecule has 1 aliphatic rings. The number of ether oxygens (including phenoxy) is 1. The van der Waals surface area contributed by atoms with Crippen molar-refractivity contribution in [3.63, 3.8) is 0 Å². The quantitative estimate of drug-likeness (QED) is 0.548. The molecule has 0 saturated heterocycles. The molecule has 1 aliphatic heterocycles. The lowest BCUT2D eigenvalue weighted by molar-refractivity contribution is 0.261. The summed E-state index contributed by atoms with van der Waals surface area (Å²) in [5, 5.41) is 3.13.